The summed E-state index contributed by atoms with van der Waals surface area (Å²) in [5.74, 6) is 3.78. The number of ether oxygens (including phenoxy) is 1. The molecule has 4 nitrogen and oxygen atoms in total. The van der Waals surface area contributed by atoms with Crippen molar-refractivity contribution in [3.8, 4) is 11.6 Å². The van der Waals surface area contributed by atoms with Crippen molar-refractivity contribution in [1.29, 1.82) is 0 Å². The molecular formula is C16H18IN3O. The van der Waals surface area contributed by atoms with Gasteiger partial charge in [0.05, 0.1) is 9.13 Å². The minimum Gasteiger partial charge on any atom is -0.437 e. The van der Waals surface area contributed by atoms with Gasteiger partial charge in [-0.3, -0.25) is 0 Å². The second-order valence-electron chi connectivity index (χ2n) is 5.20. The molecule has 1 saturated carbocycles. The Morgan fingerprint density at radius 3 is 2.71 bits per heavy atom. The summed E-state index contributed by atoms with van der Waals surface area (Å²) in [6.45, 7) is 4.91. The van der Waals surface area contributed by atoms with Gasteiger partial charge in [-0.05, 0) is 61.4 Å². The highest BCUT2D eigenvalue weighted by molar-refractivity contribution is 14.1. The van der Waals surface area contributed by atoms with Crippen LogP contribution in [-0.4, -0.2) is 16.5 Å². The van der Waals surface area contributed by atoms with E-state index >= 15 is 0 Å². The third-order valence-corrected chi connectivity index (χ3v) is 4.34. The maximum Gasteiger partial charge on any atom is 0.227 e. The van der Waals surface area contributed by atoms with E-state index in [0.717, 1.165) is 33.1 Å². The summed E-state index contributed by atoms with van der Waals surface area (Å²) >= 11 is 2.27. The highest BCUT2D eigenvalue weighted by Crippen LogP contribution is 2.40. The molecule has 1 aliphatic carbocycles. The van der Waals surface area contributed by atoms with Crippen LogP contribution >= 0.6 is 22.6 Å². The number of benzene rings is 1. The SMILES string of the molecule is CCNc1nc(C2CC2)nc(Oc2ccccc2I)c1C. The summed E-state index contributed by atoms with van der Waals surface area (Å²) in [6.07, 6.45) is 2.36. The first-order valence-corrected chi connectivity index (χ1v) is 8.31. The zero-order chi connectivity index (χ0) is 14.8. The molecule has 0 amide bonds. The van der Waals surface area contributed by atoms with E-state index in [4.69, 9.17) is 4.74 Å². The summed E-state index contributed by atoms with van der Waals surface area (Å²) in [6, 6.07) is 7.97. The first kappa shape index (κ1) is 14.6. The molecule has 21 heavy (non-hydrogen) atoms. The number of hydrogen-bond donors (Lipinski definition) is 1. The van der Waals surface area contributed by atoms with Crippen molar-refractivity contribution in [3.05, 3.63) is 39.2 Å². The number of aromatic nitrogens is 2. The molecule has 2 aromatic rings. The van der Waals surface area contributed by atoms with Crippen LogP contribution in [0.1, 0.15) is 37.1 Å². The van der Waals surface area contributed by atoms with Gasteiger partial charge in [0.15, 0.2) is 0 Å². The molecule has 1 aromatic heterocycles. The lowest BCUT2D eigenvalue weighted by atomic mass is 10.3. The van der Waals surface area contributed by atoms with Gasteiger partial charge in [-0.25, -0.2) is 4.98 Å². The highest BCUT2D eigenvalue weighted by Gasteiger charge is 2.28. The molecule has 3 rings (SSSR count). The molecule has 0 bridgehead atoms. The van der Waals surface area contributed by atoms with Crippen LogP contribution in [0.5, 0.6) is 11.6 Å². The molecule has 1 fully saturated rings. The number of hydrogen-bond acceptors (Lipinski definition) is 4. The Morgan fingerprint density at radius 2 is 2.05 bits per heavy atom. The number of halogens is 1. The summed E-state index contributed by atoms with van der Waals surface area (Å²) in [7, 11) is 0. The van der Waals surface area contributed by atoms with E-state index in [1.165, 1.54) is 12.8 Å². The number of nitrogens with one attached hydrogen (secondary N) is 1. The molecule has 0 aliphatic heterocycles. The zero-order valence-corrected chi connectivity index (χ0v) is 14.3. The van der Waals surface area contributed by atoms with Crippen molar-refractivity contribution in [2.45, 2.75) is 32.6 Å². The molecule has 1 aliphatic rings. The number of anilines is 1. The Bertz CT molecular complexity index is 656. The second kappa shape index (κ2) is 6.17. The summed E-state index contributed by atoms with van der Waals surface area (Å²) < 4.78 is 7.12. The fourth-order valence-electron chi connectivity index (χ4n) is 2.11. The molecule has 0 saturated heterocycles. The minimum absolute atomic E-state index is 0.500. The average molecular weight is 395 g/mol. The van der Waals surface area contributed by atoms with Crippen LogP contribution in [0, 0.1) is 10.5 Å². The van der Waals surface area contributed by atoms with Crippen LogP contribution in [0.4, 0.5) is 5.82 Å². The molecule has 110 valence electrons. The molecule has 5 heteroatoms. The first-order valence-electron chi connectivity index (χ1n) is 7.23. The van der Waals surface area contributed by atoms with E-state index in [-0.39, 0.29) is 0 Å². The fourth-order valence-corrected chi connectivity index (χ4v) is 2.60. The molecule has 0 radical (unpaired) electrons. The van der Waals surface area contributed by atoms with Crippen molar-refractivity contribution in [2.75, 3.05) is 11.9 Å². The number of nitrogens with zero attached hydrogens (tertiary/aromatic N) is 2. The van der Waals surface area contributed by atoms with Crippen LogP contribution in [-0.2, 0) is 0 Å². The van der Waals surface area contributed by atoms with Gasteiger partial charge in [-0.2, -0.15) is 4.98 Å². The predicted octanol–water partition coefficient (Wildman–Crippen LogP) is 4.49. The molecular weight excluding hydrogens is 377 g/mol. The predicted molar refractivity (Wildman–Crippen MR) is 92.1 cm³/mol. The van der Waals surface area contributed by atoms with Crippen molar-refractivity contribution < 1.29 is 4.74 Å². The van der Waals surface area contributed by atoms with Gasteiger partial charge in [0, 0.05) is 12.5 Å². The van der Waals surface area contributed by atoms with E-state index in [1.807, 2.05) is 31.2 Å². The Morgan fingerprint density at radius 1 is 1.29 bits per heavy atom. The third kappa shape index (κ3) is 3.28. The van der Waals surface area contributed by atoms with Gasteiger partial charge in [0.2, 0.25) is 5.88 Å². The largest absolute Gasteiger partial charge is 0.437 e. The van der Waals surface area contributed by atoms with Gasteiger partial charge in [-0.1, -0.05) is 12.1 Å². The minimum atomic E-state index is 0.500. The number of para-hydroxylation sites is 1. The van der Waals surface area contributed by atoms with Crippen molar-refractivity contribution >= 4 is 28.4 Å². The van der Waals surface area contributed by atoms with Gasteiger partial charge >= 0.3 is 0 Å². The lowest BCUT2D eigenvalue weighted by Gasteiger charge is -2.14. The van der Waals surface area contributed by atoms with Crippen molar-refractivity contribution in [3.63, 3.8) is 0 Å². The smallest absolute Gasteiger partial charge is 0.227 e. The van der Waals surface area contributed by atoms with Crippen LogP contribution in [0.3, 0.4) is 0 Å². The Balaban J connectivity index is 1.98. The summed E-state index contributed by atoms with van der Waals surface area (Å²) in [4.78, 5) is 9.28. The summed E-state index contributed by atoms with van der Waals surface area (Å²) in [5, 5.41) is 3.31. The lowest BCUT2D eigenvalue weighted by molar-refractivity contribution is 0.452. The summed E-state index contributed by atoms with van der Waals surface area (Å²) in [5.41, 5.74) is 0.959. The molecule has 0 spiro atoms. The van der Waals surface area contributed by atoms with E-state index in [0.29, 0.717) is 11.8 Å². The topological polar surface area (TPSA) is 47.0 Å². The average Bonchev–Trinajstić information content (AvgIpc) is 3.30. The Labute approximate surface area is 138 Å². The quantitative estimate of drug-likeness (QED) is 0.758. The number of rotatable bonds is 5. The van der Waals surface area contributed by atoms with Crippen molar-refractivity contribution in [2.24, 2.45) is 0 Å². The maximum atomic E-state index is 6.05. The molecule has 0 atom stereocenters. The second-order valence-corrected chi connectivity index (χ2v) is 6.36. The highest BCUT2D eigenvalue weighted by atomic mass is 127. The van der Waals surface area contributed by atoms with Gasteiger partial charge in [0.1, 0.15) is 17.4 Å². The van der Waals surface area contributed by atoms with Crippen molar-refractivity contribution in [1.82, 2.24) is 9.97 Å². The first-order chi connectivity index (χ1) is 10.2. The standard InChI is InChI=1S/C16H18IN3O/c1-3-18-14-10(2)16(20-15(19-14)11-8-9-11)21-13-7-5-4-6-12(13)17/h4-7,11H,3,8-9H2,1-2H3,(H,18,19,20). The van der Waals surface area contributed by atoms with E-state index in [2.05, 4.69) is 44.8 Å². The van der Waals surface area contributed by atoms with E-state index < -0.39 is 0 Å². The third-order valence-electron chi connectivity index (χ3n) is 3.45. The van der Waals surface area contributed by atoms with Crippen LogP contribution in [0.15, 0.2) is 24.3 Å². The van der Waals surface area contributed by atoms with Gasteiger partial charge < -0.3 is 10.1 Å². The normalized spacial score (nSPS) is 14.0. The monoisotopic (exact) mass is 395 g/mol. The van der Waals surface area contributed by atoms with Crippen LogP contribution in [0.2, 0.25) is 0 Å². The fraction of sp³-hybridized carbons (Fsp3) is 0.375. The maximum absolute atomic E-state index is 6.05. The van der Waals surface area contributed by atoms with E-state index in [1.54, 1.807) is 0 Å². The van der Waals surface area contributed by atoms with Gasteiger partial charge in [-0.15, -0.1) is 0 Å². The molecule has 1 heterocycles. The molecule has 0 unspecified atom stereocenters. The zero-order valence-electron chi connectivity index (χ0n) is 12.2. The van der Waals surface area contributed by atoms with Crippen LogP contribution in [0.25, 0.3) is 0 Å². The van der Waals surface area contributed by atoms with Gasteiger partial charge in [0.25, 0.3) is 0 Å². The van der Waals surface area contributed by atoms with Crippen LogP contribution < -0.4 is 10.1 Å². The Hall–Kier alpha value is -1.37. The molecule has 1 aromatic carbocycles. The Kier molecular flexibility index (Phi) is 4.28. The van der Waals surface area contributed by atoms with E-state index in [9.17, 15) is 0 Å². The molecule has 1 N–H and O–H groups in total. The lowest BCUT2D eigenvalue weighted by Crippen LogP contribution is -2.07.